The van der Waals surface area contributed by atoms with Crippen LogP contribution in [-0.2, 0) is 9.53 Å². The van der Waals surface area contributed by atoms with Crippen molar-refractivity contribution in [1.29, 1.82) is 0 Å². The molecule has 4 nitrogen and oxygen atoms in total. The van der Waals surface area contributed by atoms with Crippen LogP contribution in [0.3, 0.4) is 0 Å². The lowest BCUT2D eigenvalue weighted by atomic mass is 9.85. The molecule has 0 aromatic carbocycles. The maximum Gasteiger partial charge on any atom is 0.306 e. The molecule has 2 fully saturated rings. The molecule has 0 unspecified atom stereocenters. The minimum absolute atomic E-state index is 0.0863. The maximum atomic E-state index is 11.4. The molecule has 0 aliphatic heterocycles. The Labute approximate surface area is 172 Å². The number of carbonyl (C=O) groups is 1. The van der Waals surface area contributed by atoms with E-state index >= 15 is 0 Å². The van der Waals surface area contributed by atoms with Gasteiger partial charge in [-0.3, -0.25) is 4.79 Å². The summed E-state index contributed by atoms with van der Waals surface area (Å²) in [6, 6.07) is 0. The molecule has 2 aliphatic rings. The SMILES string of the molecule is CCOC(=O)CCSCC[C@@H]1[C@@H](C#C[C@@H](O)C2CCCCC2)[C@H](O)C[C@H]1Cl. The summed E-state index contributed by atoms with van der Waals surface area (Å²) in [5.41, 5.74) is 0. The van der Waals surface area contributed by atoms with Gasteiger partial charge in [0.1, 0.15) is 6.10 Å². The lowest BCUT2D eigenvalue weighted by molar-refractivity contribution is -0.142. The number of carbonyl (C=O) groups excluding carboxylic acids is 1. The van der Waals surface area contributed by atoms with Crippen molar-refractivity contribution in [3.05, 3.63) is 0 Å². The van der Waals surface area contributed by atoms with Crippen LogP contribution in [0.5, 0.6) is 0 Å². The molecule has 6 heteroatoms. The number of halogens is 1. The fraction of sp³-hybridized carbons (Fsp3) is 0.857. The zero-order chi connectivity index (χ0) is 19.6. The van der Waals surface area contributed by atoms with Gasteiger partial charge in [-0.15, -0.1) is 11.6 Å². The molecular weight excluding hydrogens is 384 g/mol. The zero-order valence-corrected chi connectivity index (χ0v) is 17.8. The van der Waals surface area contributed by atoms with Crippen molar-refractivity contribution in [2.75, 3.05) is 18.1 Å². The summed E-state index contributed by atoms with van der Waals surface area (Å²) in [7, 11) is 0. The minimum Gasteiger partial charge on any atom is -0.466 e. The van der Waals surface area contributed by atoms with Crippen LogP contribution in [-0.4, -0.2) is 51.9 Å². The number of alkyl halides is 1. The molecular formula is C21H33ClO4S. The van der Waals surface area contributed by atoms with Crippen molar-refractivity contribution in [2.45, 2.75) is 75.9 Å². The van der Waals surface area contributed by atoms with Gasteiger partial charge in [0, 0.05) is 11.1 Å². The van der Waals surface area contributed by atoms with Gasteiger partial charge in [0.2, 0.25) is 0 Å². The molecule has 0 bridgehead atoms. The van der Waals surface area contributed by atoms with Crippen molar-refractivity contribution < 1.29 is 19.7 Å². The van der Waals surface area contributed by atoms with Crippen LogP contribution in [0.4, 0.5) is 0 Å². The normalized spacial score (nSPS) is 29.8. The average molecular weight is 417 g/mol. The van der Waals surface area contributed by atoms with Gasteiger partial charge in [0.15, 0.2) is 0 Å². The number of ether oxygens (including phenoxy) is 1. The Kier molecular flexibility index (Phi) is 10.3. The third kappa shape index (κ3) is 7.49. The standard InChI is InChI=1S/C21H33ClO4S/c1-2-26-21(25)11-13-27-12-10-16-17(20(24)14-18(16)22)8-9-19(23)15-6-4-3-5-7-15/h15-20,23-24H,2-7,10-14H2,1H3/t16-,17-,18-,19-,20-/m1/s1. The quantitative estimate of drug-likeness (QED) is 0.274. The predicted octanol–water partition coefficient (Wildman–Crippen LogP) is 3.61. The number of thioether (sulfide) groups is 1. The van der Waals surface area contributed by atoms with E-state index in [1.165, 1.54) is 19.3 Å². The van der Waals surface area contributed by atoms with E-state index in [-0.39, 0.29) is 29.1 Å². The van der Waals surface area contributed by atoms with E-state index in [1.54, 1.807) is 11.8 Å². The molecule has 154 valence electrons. The lowest BCUT2D eigenvalue weighted by Crippen LogP contribution is -2.23. The van der Waals surface area contributed by atoms with Crippen molar-refractivity contribution in [1.82, 2.24) is 0 Å². The molecule has 0 aromatic rings. The number of rotatable bonds is 8. The first-order valence-electron chi connectivity index (χ1n) is 10.3. The van der Waals surface area contributed by atoms with Crippen molar-refractivity contribution >= 4 is 29.3 Å². The lowest BCUT2D eigenvalue weighted by Gasteiger charge is -2.24. The van der Waals surface area contributed by atoms with E-state index in [2.05, 4.69) is 11.8 Å². The second-order valence-electron chi connectivity index (χ2n) is 7.60. The summed E-state index contributed by atoms with van der Waals surface area (Å²) in [4.78, 5) is 11.4. The minimum atomic E-state index is -0.591. The highest BCUT2D eigenvalue weighted by Gasteiger charge is 2.40. The van der Waals surface area contributed by atoms with Gasteiger partial charge < -0.3 is 14.9 Å². The van der Waals surface area contributed by atoms with Gasteiger partial charge in [0.05, 0.1) is 25.0 Å². The Morgan fingerprint density at radius 3 is 2.74 bits per heavy atom. The Balaban J connectivity index is 1.80. The predicted molar refractivity (Wildman–Crippen MR) is 111 cm³/mol. The Bertz CT molecular complexity index is 512. The van der Waals surface area contributed by atoms with Crippen LogP contribution in [0, 0.1) is 29.6 Å². The van der Waals surface area contributed by atoms with Crippen LogP contribution in [0.1, 0.15) is 58.3 Å². The summed E-state index contributed by atoms with van der Waals surface area (Å²) in [5.74, 6) is 7.88. The molecule has 2 N–H and O–H groups in total. The van der Waals surface area contributed by atoms with E-state index in [4.69, 9.17) is 16.3 Å². The Morgan fingerprint density at radius 1 is 1.30 bits per heavy atom. The summed E-state index contributed by atoms with van der Waals surface area (Å²) in [5, 5.41) is 20.6. The summed E-state index contributed by atoms with van der Waals surface area (Å²) < 4.78 is 4.93. The van der Waals surface area contributed by atoms with E-state index in [0.717, 1.165) is 30.8 Å². The van der Waals surface area contributed by atoms with Crippen LogP contribution in [0.25, 0.3) is 0 Å². The molecule has 0 amide bonds. The topological polar surface area (TPSA) is 66.8 Å². The average Bonchev–Trinajstić information content (AvgIpc) is 2.93. The van der Waals surface area contributed by atoms with Crippen molar-refractivity contribution in [3.8, 4) is 11.8 Å². The molecule has 0 spiro atoms. The van der Waals surface area contributed by atoms with Crippen molar-refractivity contribution in [2.24, 2.45) is 17.8 Å². The molecule has 0 radical (unpaired) electrons. The highest BCUT2D eigenvalue weighted by atomic mass is 35.5. The zero-order valence-electron chi connectivity index (χ0n) is 16.2. The van der Waals surface area contributed by atoms with Gasteiger partial charge in [-0.05, 0) is 50.2 Å². The highest BCUT2D eigenvalue weighted by molar-refractivity contribution is 7.99. The van der Waals surface area contributed by atoms with E-state index in [1.807, 2.05) is 6.92 Å². The van der Waals surface area contributed by atoms with Gasteiger partial charge in [-0.2, -0.15) is 11.8 Å². The maximum absolute atomic E-state index is 11.4. The third-order valence-electron chi connectivity index (χ3n) is 5.65. The molecule has 5 atom stereocenters. The summed E-state index contributed by atoms with van der Waals surface area (Å²) in [6.45, 7) is 2.23. The first kappa shape index (κ1) is 22.9. The number of hydrogen-bond acceptors (Lipinski definition) is 5. The molecule has 2 aliphatic carbocycles. The number of esters is 1. The summed E-state index contributed by atoms with van der Waals surface area (Å²) in [6.07, 6.45) is 6.41. The van der Waals surface area contributed by atoms with Gasteiger partial charge in [-0.25, -0.2) is 0 Å². The van der Waals surface area contributed by atoms with Crippen LogP contribution < -0.4 is 0 Å². The van der Waals surface area contributed by atoms with Gasteiger partial charge in [0.25, 0.3) is 0 Å². The van der Waals surface area contributed by atoms with Crippen LogP contribution in [0.15, 0.2) is 0 Å². The molecule has 0 saturated heterocycles. The van der Waals surface area contributed by atoms with Crippen molar-refractivity contribution in [3.63, 3.8) is 0 Å². The van der Waals surface area contributed by atoms with E-state index in [0.29, 0.717) is 19.4 Å². The van der Waals surface area contributed by atoms with Crippen LogP contribution in [0.2, 0.25) is 0 Å². The largest absolute Gasteiger partial charge is 0.466 e. The first-order chi connectivity index (χ1) is 13.0. The summed E-state index contributed by atoms with van der Waals surface area (Å²) >= 11 is 8.17. The molecule has 2 saturated carbocycles. The second-order valence-corrected chi connectivity index (χ2v) is 9.38. The molecule has 0 aromatic heterocycles. The third-order valence-corrected chi connectivity index (χ3v) is 7.17. The van der Waals surface area contributed by atoms with Crippen LogP contribution >= 0.6 is 23.4 Å². The second kappa shape index (κ2) is 12.2. The fourth-order valence-corrected chi connectivity index (χ4v) is 5.50. The fourth-order valence-electron chi connectivity index (χ4n) is 4.09. The number of aliphatic hydroxyl groups excluding tert-OH is 2. The van der Waals surface area contributed by atoms with E-state index in [9.17, 15) is 15.0 Å². The molecule has 2 rings (SSSR count). The van der Waals surface area contributed by atoms with E-state index < -0.39 is 12.2 Å². The van der Waals surface area contributed by atoms with Gasteiger partial charge >= 0.3 is 5.97 Å². The molecule has 0 heterocycles. The monoisotopic (exact) mass is 416 g/mol. The smallest absolute Gasteiger partial charge is 0.306 e. The Hall–Kier alpha value is -0.410. The highest BCUT2D eigenvalue weighted by Crippen LogP contribution is 2.38. The number of hydrogen-bond donors (Lipinski definition) is 2. The van der Waals surface area contributed by atoms with Gasteiger partial charge in [-0.1, -0.05) is 31.1 Å². The molecule has 27 heavy (non-hydrogen) atoms. The number of aliphatic hydroxyl groups is 2. The first-order valence-corrected chi connectivity index (χ1v) is 11.9. The Morgan fingerprint density at radius 2 is 2.04 bits per heavy atom.